The molecular formula is C12H16BrN3O2. The first-order valence-corrected chi connectivity index (χ1v) is 6.28. The molecule has 0 bridgehead atoms. The summed E-state index contributed by atoms with van der Waals surface area (Å²) < 4.78 is 0.897. The number of hydrogen-bond donors (Lipinski definition) is 3. The first-order chi connectivity index (χ1) is 8.42. The normalized spacial score (nSPS) is 14.9. The van der Waals surface area contributed by atoms with E-state index in [1.54, 1.807) is 31.2 Å². The second kappa shape index (κ2) is 5.86. The second-order valence-corrected chi connectivity index (χ2v) is 5.05. The summed E-state index contributed by atoms with van der Waals surface area (Å²) in [5, 5.41) is 14.5. The van der Waals surface area contributed by atoms with E-state index in [1.807, 2.05) is 6.92 Å². The highest BCUT2D eigenvalue weighted by molar-refractivity contribution is 9.10. The first-order valence-electron chi connectivity index (χ1n) is 5.49. The number of carbonyl (C=O) groups is 1. The lowest BCUT2D eigenvalue weighted by molar-refractivity contribution is 0.0925. The van der Waals surface area contributed by atoms with E-state index in [0.29, 0.717) is 12.0 Å². The molecule has 0 aliphatic rings. The maximum absolute atomic E-state index is 12.0. The van der Waals surface area contributed by atoms with Crippen LogP contribution in [0.5, 0.6) is 0 Å². The second-order valence-electron chi connectivity index (χ2n) is 4.13. The van der Waals surface area contributed by atoms with Gasteiger partial charge in [0.25, 0.3) is 5.91 Å². The Bertz CT molecular complexity index is 459. The molecule has 0 aromatic heterocycles. The van der Waals surface area contributed by atoms with Crippen LogP contribution >= 0.6 is 15.9 Å². The summed E-state index contributed by atoms with van der Waals surface area (Å²) in [6, 6.07) is 6.95. The molecule has 0 saturated heterocycles. The number of halogens is 1. The van der Waals surface area contributed by atoms with Gasteiger partial charge in [0, 0.05) is 10.0 Å². The third-order valence-corrected chi connectivity index (χ3v) is 3.40. The van der Waals surface area contributed by atoms with Crippen molar-refractivity contribution in [2.24, 2.45) is 10.9 Å². The zero-order valence-electron chi connectivity index (χ0n) is 10.3. The number of benzene rings is 1. The first kappa shape index (κ1) is 14.5. The number of oxime groups is 1. The van der Waals surface area contributed by atoms with Crippen LogP contribution in [0.1, 0.15) is 30.6 Å². The standard InChI is InChI=1S/C12H16BrN3O2/c1-3-12(2,11(14)16-18)15-10(17)8-4-6-9(13)7-5-8/h4-7,18H,3H2,1-2H3,(H2,14,16)(H,15,17). The van der Waals surface area contributed by atoms with Crippen LogP contribution in [0, 0.1) is 0 Å². The molecule has 0 saturated carbocycles. The predicted octanol–water partition coefficient (Wildman–Crippen LogP) is 2.09. The predicted molar refractivity (Wildman–Crippen MR) is 73.7 cm³/mol. The van der Waals surface area contributed by atoms with E-state index in [9.17, 15) is 4.79 Å². The van der Waals surface area contributed by atoms with Crippen molar-refractivity contribution in [1.29, 1.82) is 0 Å². The monoisotopic (exact) mass is 313 g/mol. The van der Waals surface area contributed by atoms with Crippen LogP contribution < -0.4 is 11.1 Å². The van der Waals surface area contributed by atoms with Crippen molar-refractivity contribution in [2.45, 2.75) is 25.8 Å². The van der Waals surface area contributed by atoms with Gasteiger partial charge in [-0.3, -0.25) is 4.79 Å². The van der Waals surface area contributed by atoms with Crippen LogP contribution in [-0.2, 0) is 0 Å². The summed E-state index contributed by atoms with van der Waals surface area (Å²) in [6.07, 6.45) is 0.519. The van der Waals surface area contributed by atoms with Crippen LogP contribution in [0.25, 0.3) is 0 Å². The molecule has 1 aromatic rings. The third kappa shape index (κ3) is 3.22. The van der Waals surface area contributed by atoms with Crippen LogP contribution in [0.15, 0.2) is 33.9 Å². The molecule has 4 N–H and O–H groups in total. The summed E-state index contributed by atoms with van der Waals surface area (Å²) in [7, 11) is 0. The van der Waals surface area contributed by atoms with Gasteiger partial charge in [-0.25, -0.2) is 0 Å². The van der Waals surface area contributed by atoms with E-state index in [-0.39, 0.29) is 11.7 Å². The van der Waals surface area contributed by atoms with Gasteiger partial charge in [-0.05, 0) is 37.6 Å². The molecule has 0 aliphatic heterocycles. The van der Waals surface area contributed by atoms with Gasteiger partial charge in [0.1, 0.15) is 0 Å². The highest BCUT2D eigenvalue weighted by atomic mass is 79.9. The van der Waals surface area contributed by atoms with E-state index < -0.39 is 5.54 Å². The minimum atomic E-state index is -0.862. The maximum atomic E-state index is 12.0. The molecule has 6 heteroatoms. The van der Waals surface area contributed by atoms with E-state index in [2.05, 4.69) is 26.4 Å². The van der Waals surface area contributed by atoms with E-state index >= 15 is 0 Å². The Labute approximate surface area is 114 Å². The van der Waals surface area contributed by atoms with Gasteiger partial charge in [0.05, 0.1) is 5.54 Å². The molecule has 0 aliphatic carbocycles. The molecule has 98 valence electrons. The van der Waals surface area contributed by atoms with Crippen molar-refractivity contribution in [3.63, 3.8) is 0 Å². The van der Waals surface area contributed by atoms with Gasteiger partial charge < -0.3 is 16.3 Å². The van der Waals surface area contributed by atoms with Crippen molar-refractivity contribution in [3.8, 4) is 0 Å². The number of carbonyl (C=O) groups excluding carboxylic acids is 1. The van der Waals surface area contributed by atoms with Crippen molar-refractivity contribution in [1.82, 2.24) is 5.32 Å². The Kier molecular flexibility index (Phi) is 4.72. The largest absolute Gasteiger partial charge is 0.409 e. The zero-order valence-corrected chi connectivity index (χ0v) is 11.9. The van der Waals surface area contributed by atoms with Gasteiger partial charge in [-0.15, -0.1) is 0 Å². The van der Waals surface area contributed by atoms with Crippen molar-refractivity contribution < 1.29 is 10.0 Å². The summed E-state index contributed by atoms with van der Waals surface area (Å²) >= 11 is 3.30. The van der Waals surface area contributed by atoms with Crippen LogP contribution in [0.4, 0.5) is 0 Å². The highest BCUT2D eigenvalue weighted by Gasteiger charge is 2.29. The van der Waals surface area contributed by atoms with Crippen LogP contribution in [0.3, 0.4) is 0 Å². The van der Waals surface area contributed by atoms with Crippen molar-refractivity contribution in [2.75, 3.05) is 0 Å². The molecule has 1 aromatic carbocycles. The summed E-state index contributed by atoms with van der Waals surface area (Å²) in [5.41, 5.74) is 5.25. The molecule has 1 atom stereocenters. The highest BCUT2D eigenvalue weighted by Crippen LogP contribution is 2.14. The Morgan fingerprint density at radius 3 is 2.50 bits per heavy atom. The quantitative estimate of drug-likeness (QED) is 0.344. The van der Waals surface area contributed by atoms with Gasteiger partial charge in [0.15, 0.2) is 5.84 Å². The number of hydrogen-bond acceptors (Lipinski definition) is 3. The zero-order chi connectivity index (χ0) is 13.8. The summed E-state index contributed by atoms with van der Waals surface area (Å²) in [4.78, 5) is 12.0. The van der Waals surface area contributed by atoms with E-state index in [1.165, 1.54) is 0 Å². The topological polar surface area (TPSA) is 87.7 Å². The lowest BCUT2D eigenvalue weighted by Gasteiger charge is -2.28. The number of nitrogens with one attached hydrogen (secondary N) is 1. The van der Waals surface area contributed by atoms with E-state index in [4.69, 9.17) is 10.9 Å². The minimum Gasteiger partial charge on any atom is -0.409 e. The lowest BCUT2D eigenvalue weighted by atomic mass is 9.97. The fraction of sp³-hybridized carbons (Fsp3) is 0.333. The number of nitrogens with zero attached hydrogens (tertiary/aromatic N) is 1. The lowest BCUT2D eigenvalue weighted by Crippen LogP contribution is -2.55. The fourth-order valence-electron chi connectivity index (χ4n) is 1.37. The number of nitrogens with two attached hydrogens (primary N) is 1. The van der Waals surface area contributed by atoms with Gasteiger partial charge in [-0.2, -0.15) is 0 Å². The molecule has 0 fully saturated rings. The average Bonchev–Trinajstić information content (AvgIpc) is 2.38. The summed E-state index contributed by atoms with van der Waals surface area (Å²) in [5.74, 6) is -0.283. The molecule has 1 rings (SSSR count). The molecule has 1 unspecified atom stereocenters. The average molecular weight is 314 g/mol. The van der Waals surface area contributed by atoms with Gasteiger partial charge >= 0.3 is 0 Å². The summed E-state index contributed by atoms with van der Waals surface area (Å²) in [6.45, 7) is 3.55. The maximum Gasteiger partial charge on any atom is 0.252 e. The fourth-order valence-corrected chi connectivity index (χ4v) is 1.63. The Hall–Kier alpha value is -1.56. The molecule has 1 amide bonds. The Morgan fingerprint density at radius 2 is 2.06 bits per heavy atom. The molecule has 0 spiro atoms. The minimum absolute atomic E-state index is 0.0181. The van der Waals surface area contributed by atoms with Crippen LogP contribution in [0.2, 0.25) is 0 Å². The molecule has 0 radical (unpaired) electrons. The molecule has 5 nitrogen and oxygen atoms in total. The molecule has 18 heavy (non-hydrogen) atoms. The van der Waals surface area contributed by atoms with E-state index in [0.717, 1.165) is 4.47 Å². The number of rotatable bonds is 4. The number of amidine groups is 1. The SMILES string of the molecule is CCC(C)(NC(=O)c1ccc(Br)cc1)/C(N)=N/O. The van der Waals surface area contributed by atoms with Crippen molar-refractivity contribution in [3.05, 3.63) is 34.3 Å². The number of amides is 1. The van der Waals surface area contributed by atoms with Crippen LogP contribution in [-0.4, -0.2) is 22.5 Å². The van der Waals surface area contributed by atoms with Gasteiger partial charge in [0.2, 0.25) is 0 Å². The smallest absolute Gasteiger partial charge is 0.252 e. The molecular weight excluding hydrogens is 298 g/mol. The Morgan fingerprint density at radius 1 is 1.50 bits per heavy atom. The third-order valence-electron chi connectivity index (χ3n) is 2.88. The van der Waals surface area contributed by atoms with Gasteiger partial charge in [-0.1, -0.05) is 28.0 Å². The Balaban J connectivity index is 2.89. The molecule has 0 heterocycles. The van der Waals surface area contributed by atoms with Crippen molar-refractivity contribution >= 4 is 27.7 Å².